The highest BCUT2D eigenvalue weighted by molar-refractivity contribution is 6.66. The van der Waals surface area contributed by atoms with Gasteiger partial charge in [0.2, 0.25) is 5.91 Å². The first-order chi connectivity index (χ1) is 17.0. The average Bonchev–Trinajstić information content (AvgIpc) is 2.84. The van der Waals surface area contributed by atoms with E-state index in [1.54, 1.807) is 0 Å². The van der Waals surface area contributed by atoms with Gasteiger partial charge in [-0.15, -0.1) is 11.6 Å². The molecule has 0 aliphatic carbocycles. The number of hydrogen-bond donors (Lipinski definition) is 3. The normalized spacial score (nSPS) is 28.0. The van der Waals surface area contributed by atoms with Gasteiger partial charge in [0, 0.05) is 13.0 Å². The highest BCUT2D eigenvalue weighted by Crippen LogP contribution is 2.50. The van der Waals surface area contributed by atoms with Gasteiger partial charge in [-0.2, -0.15) is 0 Å². The molecule has 4 N–H and O–H groups in total. The zero-order chi connectivity index (χ0) is 26.3. The molecule has 1 saturated heterocycles. The van der Waals surface area contributed by atoms with E-state index in [9.17, 15) is 9.59 Å². The van der Waals surface area contributed by atoms with E-state index in [2.05, 4.69) is 46.4 Å². The van der Waals surface area contributed by atoms with Gasteiger partial charge in [0.15, 0.2) is 11.2 Å². The summed E-state index contributed by atoms with van der Waals surface area (Å²) in [6.45, 7) is 7.00. The first-order valence-corrected chi connectivity index (χ1v) is 12.4. The van der Waals surface area contributed by atoms with Gasteiger partial charge >= 0.3 is 5.97 Å². The van der Waals surface area contributed by atoms with E-state index < -0.39 is 22.8 Å². The SMILES string of the molecule is COC(=O)C1(C(N)=O)CC(Cl)=Nc2c(NC3(c4ccccc4)CNC(Cl)CC3C(C)(C)C)ncnc21. The molecule has 11 heteroatoms. The number of carbonyl (C=O) groups is 2. The number of anilines is 1. The maximum absolute atomic E-state index is 12.9. The molecule has 1 aromatic heterocycles. The highest BCUT2D eigenvalue weighted by atomic mass is 35.5. The summed E-state index contributed by atoms with van der Waals surface area (Å²) < 4.78 is 4.95. The maximum Gasteiger partial charge on any atom is 0.328 e. The molecule has 4 rings (SSSR count). The first-order valence-electron chi connectivity index (χ1n) is 11.6. The van der Waals surface area contributed by atoms with Crippen molar-refractivity contribution >= 4 is 51.8 Å². The number of fused-ring (bicyclic) bond motifs is 1. The number of esters is 1. The predicted octanol–water partition coefficient (Wildman–Crippen LogP) is 3.57. The number of rotatable bonds is 5. The molecule has 4 atom stereocenters. The Kier molecular flexibility index (Phi) is 7.02. The third-order valence-corrected chi connectivity index (χ3v) is 7.69. The number of halogens is 2. The van der Waals surface area contributed by atoms with Crippen LogP contribution in [0.3, 0.4) is 0 Å². The minimum Gasteiger partial charge on any atom is -0.468 e. The number of nitrogens with zero attached hydrogens (tertiary/aromatic N) is 3. The average molecular weight is 533 g/mol. The number of hydrogen-bond acceptors (Lipinski definition) is 8. The summed E-state index contributed by atoms with van der Waals surface area (Å²) in [5.74, 6) is -1.42. The quantitative estimate of drug-likeness (QED) is 0.232. The van der Waals surface area contributed by atoms with E-state index in [4.69, 9.17) is 33.7 Å². The highest BCUT2D eigenvalue weighted by Gasteiger charge is 2.55. The lowest BCUT2D eigenvalue weighted by Gasteiger charge is -2.52. The van der Waals surface area contributed by atoms with Crippen LogP contribution in [0.4, 0.5) is 11.5 Å². The monoisotopic (exact) mass is 532 g/mol. The van der Waals surface area contributed by atoms with Crippen LogP contribution < -0.4 is 16.4 Å². The van der Waals surface area contributed by atoms with Crippen LogP contribution in [-0.4, -0.2) is 46.2 Å². The molecule has 0 saturated carbocycles. The Labute approximate surface area is 220 Å². The van der Waals surface area contributed by atoms with Crippen molar-refractivity contribution in [3.8, 4) is 0 Å². The van der Waals surface area contributed by atoms with Crippen LogP contribution >= 0.6 is 23.2 Å². The second-order valence-electron chi connectivity index (χ2n) is 10.3. The van der Waals surface area contributed by atoms with Crippen molar-refractivity contribution in [3.05, 3.63) is 47.9 Å². The Morgan fingerprint density at radius 2 is 1.92 bits per heavy atom. The van der Waals surface area contributed by atoms with Crippen LogP contribution in [0.15, 0.2) is 41.7 Å². The van der Waals surface area contributed by atoms with Gasteiger partial charge in [0.1, 0.15) is 17.2 Å². The zero-order valence-electron chi connectivity index (χ0n) is 20.6. The fourth-order valence-corrected chi connectivity index (χ4v) is 5.97. The van der Waals surface area contributed by atoms with E-state index in [1.807, 2.05) is 30.3 Å². The second kappa shape index (κ2) is 9.61. The molecular weight excluding hydrogens is 503 g/mol. The Morgan fingerprint density at radius 1 is 1.22 bits per heavy atom. The Hall–Kier alpha value is -2.75. The predicted molar refractivity (Wildman–Crippen MR) is 139 cm³/mol. The fraction of sp³-hybridized carbons (Fsp3) is 0.480. The summed E-state index contributed by atoms with van der Waals surface area (Å²) >= 11 is 13.0. The van der Waals surface area contributed by atoms with E-state index in [0.29, 0.717) is 18.8 Å². The number of ether oxygens (including phenoxy) is 1. The maximum atomic E-state index is 12.9. The Morgan fingerprint density at radius 3 is 2.53 bits per heavy atom. The lowest BCUT2D eigenvalue weighted by Crippen LogP contribution is -2.60. The lowest BCUT2D eigenvalue weighted by atomic mass is 9.63. The molecule has 2 aromatic rings. The van der Waals surface area contributed by atoms with Gasteiger partial charge in [-0.05, 0) is 23.3 Å². The van der Waals surface area contributed by atoms with Crippen LogP contribution in [0.5, 0.6) is 0 Å². The zero-order valence-corrected chi connectivity index (χ0v) is 22.2. The third-order valence-electron chi connectivity index (χ3n) is 7.14. The molecule has 1 amide bonds. The molecule has 36 heavy (non-hydrogen) atoms. The van der Waals surface area contributed by atoms with E-state index in [0.717, 1.165) is 5.56 Å². The van der Waals surface area contributed by atoms with Gasteiger partial charge in [-0.25, -0.2) is 15.0 Å². The van der Waals surface area contributed by atoms with Gasteiger partial charge in [0.05, 0.1) is 23.8 Å². The summed E-state index contributed by atoms with van der Waals surface area (Å²) in [6.07, 6.45) is 1.71. The van der Waals surface area contributed by atoms with Crippen molar-refractivity contribution in [2.75, 3.05) is 19.0 Å². The van der Waals surface area contributed by atoms with Crippen LogP contribution in [0.25, 0.3) is 0 Å². The third kappa shape index (κ3) is 4.33. The minimum absolute atomic E-state index is 0.0215. The molecule has 0 spiro atoms. The molecule has 4 unspecified atom stereocenters. The van der Waals surface area contributed by atoms with Gasteiger partial charge < -0.3 is 15.8 Å². The topological polar surface area (TPSA) is 132 Å². The smallest absolute Gasteiger partial charge is 0.328 e. The molecule has 1 aromatic carbocycles. The number of primary amides is 1. The number of carbonyl (C=O) groups excluding carboxylic acids is 2. The van der Waals surface area contributed by atoms with Crippen LogP contribution in [0, 0.1) is 11.3 Å². The van der Waals surface area contributed by atoms with Crippen molar-refractivity contribution < 1.29 is 14.3 Å². The number of nitrogens with one attached hydrogen (secondary N) is 2. The van der Waals surface area contributed by atoms with Crippen LogP contribution in [0.1, 0.15) is 44.9 Å². The molecule has 9 nitrogen and oxygen atoms in total. The summed E-state index contributed by atoms with van der Waals surface area (Å²) in [6, 6.07) is 10.0. The van der Waals surface area contributed by atoms with Crippen molar-refractivity contribution in [2.24, 2.45) is 22.1 Å². The Bertz CT molecular complexity index is 1200. The van der Waals surface area contributed by atoms with Gasteiger partial charge in [0.25, 0.3) is 0 Å². The van der Waals surface area contributed by atoms with Gasteiger partial charge in [-0.3, -0.25) is 14.9 Å². The van der Waals surface area contributed by atoms with E-state index in [-0.39, 0.29) is 39.8 Å². The number of nitrogens with two attached hydrogens (primary N) is 1. The van der Waals surface area contributed by atoms with Crippen LogP contribution in [-0.2, 0) is 25.3 Å². The number of amides is 1. The summed E-state index contributed by atoms with van der Waals surface area (Å²) in [5.41, 5.74) is 4.04. The number of piperidine rings is 1. The molecule has 2 aliphatic heterocycles. The fourth-order valence-electron chi connectivity index (χ4n) is 5.43. The van der Waals surface area contributed by atoms with Crippen molar-refractivity contribution in [2.45, 2.75) is 50.1 Å². The molecule has 0 bridgehead atoms. The molecule has 3 heterocycles. The summed E-state index contributed by atoms with van der Waals surface area (Å²) in [5, 5.41) is 7.04. The van der Waals surface area contributed by atoms with Crippen molar-refractivity contribution in [1.82, 2.24) is 15.3 Å². The molecular formula is C25H30Cl2N6O3. The minimum atomic E-state index is -1.92. The molecule has 192 valence electrons. The van der Waals surface area contributed by atoms with Crippen molar-refractivity contribution in [1.29, 1.82) is 0 Å². The lowest BCUT2D eigenvalue weighted by molar-refractivity contribution is -0.151. The summed E-state index contributed by atoms with van der Waals surface area (Å²) in [7, 11) is 1.18. The number of alkyl halides is 1. The standard InChI is InChI=1S/C25H30Cl2N6O3/c1-23(2,3)15-10-16(26)29-12-25(15,14-8-6-5-7-9-14)33-20-18-19(30-13-31-20)24(21(28)34,22(35)36-4)11-17(27)32-18/h5-9,13,15-16,29H,10-12H2,1-4H3,(H2,28,34)(H,30,31,33). The van der Waals surface area contributed by atoms with Gasteiger partial charge in [-0.1, -0.05) is 62.7 Å². The number of methoxy groups -OCH3 is 1. The summed E-state index contributed by atoms with van der Waals surface area (Å²) in [4.78, 5) is 38.8. The number of benzene rings is 1. The van der Waals surface area contributed by atoms with E-state index >= 15 is 0 Å². The van der Waals surface area contributed by atoms with E-state index in [1.165, 1.54) is 13.4 Å². The Balaban J connectivity index is 1.94. The largest absolute Gasteiger partial charge is 0.468 e. The van der Waals surface area contributed by atoms with Crippen molar-refractivity contribution in [3.63, 3.8) is 0 Å². The molecule has 1 fully saturated rings. The number of aliphatic imine (C=N–C) groups is 1. The molecule has 2 aliphatic rings. The second-order valence-corrected chi connectivity index (χ2v) is 11.3. The number of aromatic nitrogens is 2. The van der Waals surface area contributed by atoms with Crippen LogP contribution in [0.2, 0.25) is 0 Å². The first kappa shape index (κ1) is 26.3. The molecule has 0 radical (unpaired) electrons.